The molecule has 0 aromatic rings. The summed E-state index contributed by atoms with van der Waals surface area (Å²) in [6, 6.07) is 0.775. The molecule has 0 aliphatic heterocycles. The first kappa shape index (κ1) is 16.0. The van der Waals surface area contributed by atoms with E-state index in [9.17, 15) is 0 Å². The molecule has 0 saturated heterocycles. The number of hydrogen-bond donors (Lipinski definition) is 1. The van der Waals surface area contributed by atoms with Gasteiger partial charge < -0.3 is 10.1 Å². The first-order chi connectivity index (χ1) is 8.59. The number of hydrogen-bond acceptors (Lipinski definition) is 2. The highest BCUT2D eigenvalue weighted by Gasteiger charge is 2.30. The second kappa shape index (κ2) is 8.92. The molecule has 0 bridgehead atoms. The second-order valence-corrected chi connectivity index (χ2v) is 6.69. The van der Waals surface area contributed by atoms with Crippen molar-refractivity contribution in [2.45, 2.75) is 65.8 Å². The van der Waals surface area contributed by atoms with Gasteiger partial charge in [-0.3, -0.25) is 0 Å². The predicted octanol–water partition coefficient (Wildman–Crippen LogP) is 3.85. The molecule has 108 valence electrons. The lowest BCUT2D eigenvalue weighted by molar-refractivity contribution is 0.107. The van der Waals surface area contributed by atoms with Crippen LogP contribution >= 0.6 is 0 Å². The van der Waals surface area contributed by atoms with Gasteiger partial charge in [-0.05, 0) is 56.4 Å². The molecular formula is C16H33NO. The smallest absolute Gasteiger partial charge is 0.0489 e. The summed E-state index contributed by atoms with van der Waals surface area (Å²) < 4.78 is 5.61. The zero-order valence-corrected chi connectivity index (χ0v) is 12.9. The fourth-order valence-corrected chi connectivity index (χ4v) is 2.30. The summed E-state index contributed by atoms with van der Waals surface area (Å²) in [5.41, 5.74) is 0. The predicted molar refractivity (Wildman–Crippen MR) is 78.9 cm³/mol. The van der Waals surface area contributed by atoms with Crippen LogP contribution in [0.15, 0.2) is 0 Å². The molecule has 1 saturated carbocycles. The standard InChI is InChI=1S/C16H33NO/c1-13(2)6-9-16(15-7-8-15)17-10-5-11-18-12-14(3)4/h13-17H,5-12H2,1-4H3. The first-order valence-corrected chi connectivity index (χ1v) is 7.90. The molecule has 1 N–H and O–H groups in total. The molecule has 0 spiro atoms. The Balaban J connectivity index is 2.00. The molecule has 0 aromatic carbocycles. The molecule has 2 heteroatoms. The van der Waals surface area contributed by atoms with Crippen LogP contribution in [0, 0.1) is 17.8 Å². The Bertz CT molecular complexity index is 199. The normalized spacial score (nSPS) is 17.7. The van der Waals surface area contributed by atoms with Gasteiger partial charge >= 0.3 is 0 Å². The fraction of sp³-hybridized carbons (Fsp3) is 1.00. The summed E-state index contributed by atoms with van der Waals surface area (Å²) in [5.74, 6) is 2.46. The van der Waals surface area contributed by atoms with Crippen LogP contribution in [-0.2, 0) is 4.74 Å². The van der Waals surface area contributed by atoms with Gasteiger partial charge in [-0.1, -0.05) is 27.7 Å². The Labute approximate surface area is 114 Å². The molecule has 0 heterocycles. The Morgan fingerprint density at radius 2 is 1.78 bits per heavy atom. The lowest BCUT2D eigenvalue weighted by atomic mass is 10.0. The van der Waals surface area contributed by atoms with Gasteiger partial charge in [0.05, 0.1) is 0 Å². The van der Waals surface area contributed by atoms with Gasteiger partial charge in [0, 0.05) is 19.3 Å². The van der Waals surface area contributed by atoms with Crippen molar-refractivity contribution in [1.82, 2.24) is 5.32 Å². The van der Waals surface area contributed by atoms with Gasteiger partial charge in [0.1, 0.15) is 0 Å². The van der Waals surface area contributed by atoms with Crippen LogP contribution in [0.4, 0.5) is 0 Å². The number of ether oxygens (including phenoxy) is 1. The minimum absolute atomic E-state index is 0.656. The SMILES string of the molecule is CC(C)CCC(NCCCOCC(C)C)C1CC1. The quantitative estimate of drug-likeness (QED) is 0.566. The molecule has 18 heavy (non-hydrogen) atoms. The molecule has 1 fully saturated rings. The average molecular weight is 255 g/mol. The van der Waals surface area contributed by atoms with E-state index in [1.54, 1.807) is 0 Å². The van der Waals surface area contributed by atoms with E-state index in [1.165, 1.54) is 25.7 Å². The third-order valence-corrected chi connectivity index (χ3v) is 3.57. The van der Waals surface area contributed by atoms with Gasteiger partial charge in [-0.2, -0.15) is 0 Å². The minimum atomic E-state index is 0.656. The monoisotopic (exact) mass is 255 g/mol. The second-order valence-electron chi connectivity index (χ2n) is 6.69. The van der Waals surface area contributed by atoms with Crippen LogP contribution in [0.25, 0.3) is 0 Å². The lowest BCUT2D eigenvalue weighted by Crippen LogP contribution is -2.32. The first-order valence-electron chi connectivity index (χ1n) is 7.90. The Kier molecular flexibility index (Phi) is 7.92. The van der Waals surface area contributed by atoms with E-state index >= 15 is 0 Å². The maximum absolute atomic E-state index is 5.61. The van der Waals surface area contributed by atoms with E-state index in [1.807, 2.05) is 0 Å². The minimum Gasteiger partial charge on any atom is -0.381 e. The highest BCUT2D eigenvalue weighted by atomic mass is 16.5. The summed E-state index contributed by atoms with van der Waals surface area (Å²) in [6.07, 6.45) is 6.75. The molecule has 1 atom stereocenters. The molecule has 1 aliphatic rings. The molecule has 0 amide bonds. The maximum atomic E-state index is 5.61. The fourth-order valence-electron chi connectivity index (χ4n) is 2.30. The molecule has 1 rings (SSSR count). The molecule has 0 aromatic heterocycles. The highest BCUT2D eigenvalue weighted by molar-refractivity contribution is 4.86. The van der Waals surface area contributed by atoms with Crippen molar-refractivity contribution in [2.75, 3.05) is 19.8 Å². The summed E-state index contributed by atoms with van der Waals surface area (Å²) >= 11 is 0. The molecule has 0 radical (unpaired) electrons. The van der Waals surface area contributed by atoms with Crippen molar-refractivity contribution in [3.8, 4) is 0 Å². The van der Waals surface area contributed by atoms with Crippen LogP contribution < -0.4 is 5.32 Å². The lowest BCUT2D eigenvalue weighted by Gasteiger charge is -2.19. The van der Waals surface area contributed by atoms with Crippen molar-refractivity contribution in [1.29, 1.82) is 0 Å². The average Bonchev–Trinajstić information content (AvgIpc) is 3.10. The van der Waals surface area contributed by atoms with Crippen molar-refractivity contribution >= 4 is 0 Å². The third kappa shape index (κ3) is 8.10. The zero-order chi connectivity index (χ0) is 13.4. The summed E-state index contributed by atoms with van der Waals surface area (Å²) in [6.45, 7) is 12.0. The van der Waals surface area contributed by atoms with Crippen molar-refractivity contribution in [2.24, 2.45) is 17.8 Å². The van der Waals surface area contributed by atoms with E-state index in [2.05, 4.69) is 33.0 Å². The molecule has 2 nitrogen and oxygen atoms in total. The van der Waals surface area contributed by atoms with Crippen molar-refractivity contribution in [3.63, 3.8) is 0 Å². The van der Waals surface area contributed by atoms with Crippen LogP contribution in [0.2, 0.25) is 0 Å². The van der Waals surface area contributed by atoms with Crippen molar-refractivity contribution < 1.29 is 4.74 Å². The number of rotatable bonds is 11. The van der Waals surface area contributed by atoms with Gasteiger partial charge in [0.25, 0.3) is 0 Å². The van der Waals surface area contributed by atoms with E-state index in [0.717, 1.165) is 44.1 Å². The van der Waals surface area contributed by atoms with Gasteiger partial charge in [0.15, 0.2) is 0 Å². The highest BCUT2D eigenvalue weighted by Crippen LogP contribution is 2.34. The van der Waals surface area contributed by atoms with Gasteiger partial charge in [0.2, 0.25) is 0 Å². The summed E-state index contributed by atoms with van der Waals surface area (Å²) in [4.78, 5) is 0. The van der Waals surface area contributed by atoms with Crippen LogP contribution in [-0.4, -0.2) is 25.8 Å². The molecular weight excluding hydrogens is 222 g/mol. The Hall–Kier alpha value is -0.0800. The van der Waals surface area contributed by atoms with Crippen LogP contribution in [0.3, 0.4) is 0 Å². The molecule has 1 unspecified atom stereocenters. The van der Waals surface area contributed by atoms with Crippen LogP contribution in [0.5, 0.6) is 0 Å². The Morgan fingerprint density at radius 1 is 1.06 bits per heavy atom. The van der Waals surface area contributed by atoms with E-state index < -0.39 is 0 Å². The largest absolute Gasteiger partial charge is 0.381 e. The molecule has 1 aliphatic carbocycles. The zero-order valence-electron chi connectivity index (χ0n) is 12.9. The maximum Gasteiger partial charge on any atom is 0.0489 e. The summed E-state index contributed by atoms with van der Waals surface area (Å²) in [7, 11) is 0. The van der Waals surface area contributed by atoms with Crippen molar-refractivity contribution in [3.05, 3.63) is 0 Å². The number of nitrogens with one attached hydrogen (secondary N) is 1. The van der Waals surface area contributed by atoms with Gasteiger partial charge in [-0.15, -0.1) is 0 Å². The van der Waals surface area contributed by atoms with E-state index in [0.29, 0.717) is 5.92 Å². The van der Waals surface area contributed by atoms with E-state index in [4.69, 9.17) is 4.74 Å². The summed E-state index contributed by atoms with van der Waals surface area (Å²) in [5, 5.41) is 3.75. The van der Waals surface area contributed by atoms with Gasteiger partial charge in [-0.25, -0.2) is 0 Å². The van der Waals surface area contributed by atoms with Crippen LogP contribution in [0.1, 0.15) is 59.8 Å². The topological polar surface area (TPSA) is 21.3 Å². The third-order valence-electron chi connectivity index (χ3n) is 3.57. The van der Waals surface area contributed by atoms with E-state index in [-0.39, 0.29) is 0 Å². The Morgan fingerprint density at radius 3 is 2.33 bits per heavy atom.